The predicted octanol–water partition coefficient (Wildman–Crippen LogP) is -12.1. The minimum Gasteiger partial charge on any atom is -0.550 e. The van der Waals surface area contributed by atoms with Crippen molar-refractivity contribution in [2.45, 2.75) is 31.5 Å². The molecule has 0 aromatic rings. The molecule has 0 saturated carbocycles. The van der Waals surface area contributed by atoms with Crippen LogP contribution >= 0.6 is 0 Å². The van der Waals surface area contributed by atoms with Crippen molar-refractivity contribution in [3.63, 3.8) is 0 Å². The van der Waals surface area contributed by atoms with Crippen LogP contribution in [0.2, 0.25) is 0 Å². The number of carbonyl (C=O) groups excluding carboxylic acids is 2. The molecule has 14 heteroatoms. The molecule has 2 unspecified atom stereocenters. The molecule has 8 N–H and O–H groups in total. The number of aliphatic hydroxyl groups excluding tert-OH is 1. The van der Waals surface area contributed by atoms with E-state index in [1.807, 2.05) is 0 Å². The van der Waals surface area contributed by atoms with Gasteiger partial charge in [-0.1, -0.05) is 0 Å². The molecule has 0 saturated heterocycles. The molecule has 2 atom stereocenters. The molecule has 0 aliphatic carbocycles. The number of carbonyl (C=O) groups is 4. The maximum absolute atomic E-state index is 10.3. The van der Waals surface area contributed by atoms with E-state index in [1.54, 1.807) is 0 Å². The summed E-state index contributed by atoms with van der Waals surface area (Å²) in [4.78, 5) is 39.7. The van der Waals surface area contributed by atoms with E-state index in [2.05, 4.69) is 0 Å². The Balaban J connectivity index is -0.0000000635. The smallest absolute Gasteiger partial charge is 0.550 e. The van der Waals surface area contributed by atoms with Crippen LogP contribution < -0.4 is 69.3 Å². The van der Waals surface area contributed by atoms with Crippen molar-refractivity contribution in [2.24, 2.45) is 0 Å². The van der Waals surface area contributed by atoms with Crippen molar-refractivity contribution < 1.29 is 120 Å². The van der Waals surface area contributed by atoms with Crippen molar-refractivity contribution in [3.05, 3.63) is 0 Å². The van der Waals surface area contributed by atoms with Gasteiger partial charge in [0.1, 0.15) is 0 Å². The molecule has 0 fully saturated rings. The number of carboxylic acid groups (broad SMARTS) is 4. The van der Waals surface area contributed by atoms with Crippen LogP contribution in [0.5, 0.6) is 0 Å². The molecule has 0 aliphatic rings. The molecule has 0 rings (SSSR count). The third-order valence-corrected chi connectivity index (χ3v) is 1.62. The zero-order chi connectivity index (χ0) is 15.8. The molecule has 0 bridgehead atoms. The third kappa shape index (κ3) is 21.7. The van der Waals surface area contributed by atoms with Crippen molar-refractivity contribution in [1.82, 2.24) is 0 Å². The van der Waals surface area contributed by atoms with E-state index in [0.29, 0.717) is 0 Å². The fourth-order valence-electron chi connectivity index (χ4n) is 0.703. The van der Waals surface area contributed by atoms with E-state index in [9.17, 15) is 29.4 Å². The summed E-state index contributed by atoms with van der Waals surface area (Å²) in [5.41, 5.74) is -2.80. The van der Waals surface area contributed by atoms with Gasteiger partial charge in [0.25, 0.3) is 0 Å². The van der Waals surface area contributed by atoms with Crippen molar-refractivity contribution in [2.75, 3.05) is 0 Å². The van der Waals surface area contributed by atoms with Gasteiger partial charge in [-0.3, -0.25) is 4.79 Å². The summed E-state index contributed by atoms with van der Waals surface area (Å²) in [5, 5.41) is 52.8. The monoisotopic (exact) mass is 362 g/mol. The molecule has 0 heterocycles. The largest absolute Gasteiger partial charge is 1.00 e. The van der Waals surface area contributed by atoms with Gasteiger partial charge in [-0.15, -0.1) is 0 Å². The molecule has 0 amide bonds. The van der Waals surface area contributed by atoms with Crippen LogP contribution in [0.4, 0.5) is 0 Å². The van der Waals surface area contributed by atoms with Crippen LogP contribution in [0.3, 0.4) is 0 Å². The summed E-state index contributed by atoms with van der Waals surface area (Å²) in [7, 11) is 0. The molecule has 23 heavy (non-hydrogen) atoms. The van der Waals surface area contributed by atoms with Crippen LogP contribution in [0.1, 0.15) is 19.8 Å². The van der Waals surface area contributed by atoms with Gasteiger partial charge in [-0.05, 0) is 6.92 Å². The summed E-state index contributed by atoms with van der Waals surface area (Å²) in [6, 6.07) is 0. The Kier molecular flexibility index (Phi) is 30.1. The Bertz CT molecular complexity index is 354. The second-order valence-corrected chi connectivity index (χ2v) is 3.45. The first-order chi connectivity index (χ1) is 8.42. The maximum Gasteiger partial charge on any atom is 1.00 e. The van der Waals surface area contributed by atoms with E-state index >= 15 is 0 Å². The van der Waals surface area contributed by atoms with Crippen molar-refractivity contribution in [1.29, 1.82) is 0 Å². The van der Waals surface area contributed by atoms with Gasteiger partial charge in [0.15, 0.2) is 5.60 Å². The van der Waals surface area contributed by atoms with Gasteiger partial charge in [-0.2, -0.15) is 0 Å². The van der Waals surface area contributed by atoms with Crippen LogP contribution in [0.25, 0.3) is 0 Å². The van der Waals surface area contributed by atoms with Crippen LogP contribution in [0, 0.1) is 0 Å². The molecule has 0 radical (unpaired) electrons. The van der Waals surface area contributed by atoms with Gasteiger partial charge in [0.2, 0.25) is 0 Å². The SMILES string of the molecule is CC(O)C(=O)[O-].O.O.O=C([O-])CC(O)(CC(=O)O)C(=O)O.[Na+].[Na+]. The minimum atomic E-state index is -2.80. The molecular weight excluding hydrogens is 346 g/mol. The van der Waals surface area contributed by atoms with Gasteiger partial charge in [0, 0.05) is 12.4 Å². The number of hydrogen-bond donors (Lipinski definition) is 4. The van der Waals surface area contributed by atoms with Gasteiger partial charge in [0.05, 0.1) is 18.5 Å². The molecule has 0 aromatic heterocycles. The number of rotatable bonds is 6. The average Bonchev–Trinajstić information content (AvgIpc) is 2.14. The Morgan fingerprint density at radius 2 is 1.30 bits per heavy atom. The number of carboxylic acids is 4. The van der Waals surface area contributed by atoms with Crippen LogP contribution in [-0.2, 0) is 19.2 Å². The number of aliphatic carboxylic acids is 4. The number of aliphatic hydroxyl groups is 2. The topological polar surface area (TPSA) is 258 Å². The van der Waals surface area contributed by atoms with E-state index in [1.165, 1.54) is 0 Å². The fraction of sp³-hybridized carbons (Fsp3) is 0.556. The standard InChI is InChI=1S/C6H8O7.C3H6O3.2Na.2H2O/c7-3(8)1-6(13,5(11)12)2-4(9)10;1-2(4)3(5)6;;;;/h13H,1-2H2,(H,7,8)(H,9,10)(H,11,12);2,4H,1H3,(H,5,6);;;2*1H2/q;;2*+1;;/p-2. The Morgan fingerprint density at radius 3 is 1.43 bits per heavy atom. The average molecular weight is 362 g/mol. The molecule has 126 valence electrons. The quantitative estimate of drug-likeness (QED) is 0.324. The summed E-state index contributed by atoms with van der Waals surface area (Å²) in [5.74, 6) is -6.77. The maximum atomic E-state index is 10.3. The summed E-state index contributed by atoms with van der Waals surface area (Å²) < 4.78 is 0. The zero-order valence-corrected chi connectivity index (χ0v) is 16.7. The molecule has 0 spiro atoms. The molecular formula is C9H16Na2O12. The fourth-order valence-corrected chi connectivity index (χ4v) is 0.703. The summed E-state index contributed by atoms with van der Waals surface area (Å²) >= 11 is 0. The van der Waals surface area contributed by atoms with Gasteiger partial charge >= 0.3 is 71.1 Å². The first-order valence-electron chi connectivity index (χ1n) is 4.68. The van der Waals surface area contributed by atoms with E-state index in [4.69, 9.17) is 20.4 Å². The minimum absolute atomic E-state index is 0. The normalized spacial score (nSPS) is 11.8. The first kappa shape index (κ1) is 38.3. The summed E-state index contributed by atoms with van der Waals surface area (Å²) in [6.45, 7) is 1.13. The zero-order valence-electron chi connectivity index (χ0n) is 12.7. The van der Waals surface area contributed by atoms with Crippen LogP contribution in [0.15, 0.2) is 0 Å². The Hall–Kier alpha value is -0.280. The Morgan fingerprint density at radius 1 is 1.00 bits per heavy atom. The van der Waals surface area contributed by atoms with Crippen LogP contribution in [-0.4, -0.2) is 67.0 Å². The summed E-state index contributed by atoms with van der Waals surface area (Å²) in [6.07, 6.45) is -3.78. The second kappa shape index (κ2) is 18.1. The number of hydrogen-bond acceptors (Lipinski definition) is 8. The molecule has 12 nitrogen and oxygen atoms in total. The predicted molar refractivity (Wildman–Crippen MR) is 58.4 cm³/mol. The molecule has 0 aromatic carbocycles. The van der Waals surface area contributed by atoms with E-state index in [0.717, 1.165) is 6.92 Å². The van der Waals surface area contributed by atoms with Crippen molar-refractivity contribution in [3.8, 4) is 0 Å². The van der Waals surface area contributed by atoms with Gasteiger partial charge in [-0.25, -0.2) is 4.79 Å². The molecule has 0 aliphatic heterocycles. The van der Waals surface area contributed by atoms with E-state index in [-0.39, 0.29) is 70.1 Å². The second-order valence-electron chi connectivity index (χ2n) is 3.45. The third-order valence-electron chi connectivity index (χ3n) is 1.62. The van der Waals surface area contributed by atoms with Crippen molar-refractivity contribution >= 4 is 23.9 Å². The Labute approximate surface area is 174 Å². The van der Waals surface area contributed by atoms with E-state index < -0.39 is 48.4 Å². The van der Waals surface area contributed by atoms with Gasteiger partial charge < -0.3 is 51.2 Å². The first-order valence-corrected chi connectivity index (χ1v) is 4.68.